The molecule has 1 heterocycles. The summed E-state index contributed by atoms with van der Waals surface area (Å²) in [5.41, 5.74) is 6.87. The van der Waals surface area contributed by atoms with Gasteiger partial charge < -0.3 is 15.8 Å². The molecule has 1 aliphatic heterocycles. The van der Waals surface area contributed by atoms with Crippen molar-refractivity contribution in [2.45, 2.75) is 50.3 Å². The van der Waals surface area contributed by atoms with Crippen LogP contribution in [0, 0.1) is 0 Å². The number of hydrogen-bond donors (Lipinski definition) is 2. The summed E-state index contributed by atoms with van der Waals surface area (Å²) in [6.45, 7) is 0. The van der Waals surface area contributed by atoms with E-state index in [1.807, 2.05) is 12.1 Å². The lowest BCUT2D eigenvalue weighted by molar-refractivity contribution is -0.128. The van der Waals surface area contributed by atoms with E-state index in [1.54, 1.807) is 6.07 Å². The average Bonchev–Trinajstić information content (AvgIpc) is 2.84. The highest BCUT2D eigenvalue weighted by atomic mass is 35.5. The van der Waals surface area contributed by atoms with Crippen LogP contribution in [-0.4, -0.2) is 24.1 Å². The summed E-state index contributed by atoms with van der Waals surface area (Å²) in [5.74, 6) is 0.734. The topological polar surface area (TPSA) is 64.3 Å². The largest absolute Gasteiger partial charge is 0.480 e. The van der Waals surface area contributed by atoms with Gasteiger partial charge in [0.05, 0.1) is 0 Å². The zero-order chi connectivity index (χ0) is 14.1. The Morgan fingerprint density at radius 2 is 2.05 bits per heavy atom. The predicted molar refractivity (Wildman–Crippen MR) is 77.9 cm³/mol. The highest BCUT2D eigenvalue weighted by Gasteiger charge is 2.31. The van der Waals surface area contributed by atoms with E-state index in [4.69, 9.17) is 22.1 Å². The van der Waals surface area contributed by atoms with E-state index in [2.05, 4.69) is 5.32 Å². The van der Waals surface area contributed by atoms with Crippen molar-refractivity contribution in [1.29, 1.82) is 0 Å². The Balaban J connectivity index is 1.57. The lowest BCUT2D eigenvalue weighted by atomic mass is 9.91. The molecular formula is C15H19ClN2O2. The van der Waals surface area contributed by atoms with Crippen LogP contribution in [0.15, 0.2) is 18.2 Å². The maximum atomic E-state index is 12.2. The van der Waals surface area contributed by atoms with Gasteiger partial charge in [-0.2, -0.15) is 0 Å². The van der Waals surface area contributed by atoms with Gasteiger partial charge in [0, 0.05) is 23.5 Å². The standard InChI is InChI=1S/C15H19ClN2O2/c16-10-1-6-13-9(7-10)8-14(20-13)15(19)18-12-4-2-11(17)3-5-12/h1,6-7,11-12,14H,2-5,8,17H2,(H,18,19)/t11?,12?,14-/m0/s1. The molecule has 2 aliphatic rings. The third-order valence-electron chi connectivity index (χ3n) is 4.11. The quantitative estimate of drug-likeness (QED) is 0.877. The molecule has 1 amide bonds. The van der Waals surface area contributed by atoms with Crippen molar-refractivity contribution in [3.05, 3.63) is 28.8 Å². The summed E-state index contributed by atoms with van der Waals surface area (Å²) >= 11 is 5.95. The number of carbonyl (C=O) groups excluding carboxylic acids is 1. The zero-order valence-electron chi connectivity index (χ0n) is 11.3. The van der Waals surface area contributed by atoms with Gasteiger partial charge in [0.25, 0.3) is 5.91 Å². The second kappa shape index (κ2) is 5.62. The molecule has 20 heavy (non-hydrogen) atoms. The summed E-state index contributed by atoms with van der Waals surface area (Å²) in [6.07, 6.45) is 4.03. The van der Waals surface area contributed by atoms with Gasteiger partial charge in [-0.25, -0.2) is 0 Å². The Bertz CT molecular complexity index is 513. The Labute approximate surface area is 123 Å². The van der Waals surface area contributed by atoms with E-state index in [-0.39, 0.29) is 18.0 Å². The first kappa shape index (κ1) is 13.7. The second-order valence-corrected chi connectivity index (χ2v) is 6.12. The van der Waals surface area contributed by atoms with Crippen LogP contribution in [0.4, 0.5) is 0 Å². The Morgan fingerprint density at radius 3 is 2.80 bits per heavy atom. The van der Waals surface area contributed by atoms with Gasteiger partial charge in [-0.15, -0.1) is 0 Å². The Hall–Kier alpha value is -1.26. The summed E-state index contributed by atoms with van der Waals surface area (Å²) in [7, 11) is 0. The van der Waals surface area contributed by atoms with E-state index in [1.165, 1.54) is 0 Å². The van der Waals surface area contributed by atoms with Crippen molar-refractivity contribution in [2.24, 2.45) is 5.73 Å². The third kappa shape index (κ3) is 2.91. The van der Waals surface area contributed by atoms with E-state index >= 15 is 0 Å². The molecule has 0 saturated heterocycles. The van der Waals surface area contributed by atoms with E-state index in [9.17, 15) is 4.79 Å². The molecule has 108 valence electrons. The summed E-state index contributed by atoms with van der Waals surface area (Å²) in [5, 5.41) is 3.75. The smallest absolute Gasteiger partial charge is 0.261 e. The average molecular weight is 295 g/mol. The van der Waals surface area contributed by atoms with E-state index in [0.29, 0.717) is 11.4 Å². The number of halogens is 1. The molecule has 0 unspecified atom stereocenters. The lowest BCUT2D eigenvalue weighted by Gasteiger charge is -2.27. The highest BCUT2D eigenvalue weighted by molar-refractivity contribution is 6.30. The van der Waals surface area contributed by atoms with Crippen LogP contribution in [0.3, 0.4) is 0 Å². The van der Waals surface area contributed by atoms with Gasteiger partial charge in [-0.05, 0) is 49.4 Å². The minimum absolute atomic E-state index is 0.0298. The number of rotatable bonds is 2. The van der Waals surface area contributed by atoms with Crippen LogP contribution in [0.2, 0.25) is 5.02 Å². The summed E-state index contributed by atoms with van der Waals surface area (Å²) in [6, 6.07) is 5.99. The molecule has 1 fully saturated rings. The molecule has 4 nitrogen and oxygen atoms in total. The number of nitrogens with one attached hydrogen (secondary N) is 1. The molecule has 5 heteroatoms. The van der Waals surface area contributed by atoms with Gasteiger partial charge in [0.2, 0.25) is 0 Å². The van der Waals surface area contributed by atoms with Crippen LogP contribution in [-0.2, 0) is 11.2 Å². The minimum Gasteiger partial charge on any atom is -0.480 e. The fourth-order valence-corrected chi connectivity index (χ4v) is 3.12. The molecule has 3 rings (SSSR count). The fraction of sp³-hybridized carbons (Fsp3) is 0.533. The second-order valence-electron chi connectivity index (χ2n) is 5.68. The van der Waals surface area contributed by atoms with Crippen molar-refractivity contribution < 1.29 is 9.53 Å². The number of hydrogen-bond acceptors (Lipinski definition) is 3. The lowest BCUT2D eigenvalue weighted by Crippen LogP contribution is -2.45. The molecule has 3 N–H and O–H groups in total. The van der Waals surface area contributed by atoms with Crippen molar-refractivity contribution in [2.75, 3.05) is 0 Å². The SMILES string of the molecule is NC1CCC(NC(=O)[C@@H]2Cc3cc(Cl)ccc3O2)CC1. The fourth-order valence-electron chi connectivity index (χ4n) is 2.92. The van der Waals surface area contributed by atoms with Crippen LogP contribution in [0.25, 0.3) is 0 Å². The normalized spacial score (nSPS) is 28.6. The zero-order valence-corrected chi connectivity index (χ0v) is 12.0. The molecule has 0 bridgehead atoms. The number of ether oxygens (including phenoxy) is 1. The van der Waals surface area contributed by atoms with E-state index in [0.717, 1.165) is 37.0 Å². The van der Waals surface area contributed by atoms with Crippen molar-refractivity contribution in [3.8, 4) is 5.75 Å². The number of nitrogens with two attached hydrogens (primary N) is 1. The number of benzene rings is 1. The van der Waals surface area contributed by atoms with Gasteiger partial charge in [-0.1, -0.05) is 11.6 Å². The summed E-state index contributed by atoms with van der Waals surface area (Å²) < 4.78 is 5.69. The van der Waals surface area contributed by atoms with Crippen molar-refractivity contribution in [1.82, 2.24) is 5.32 Å². The first-order valence-electron chi connectivity index (χ1n) is 7.13. The number of fused-ring (bicyclic) bond motifs is 1. The molecule has 1 saturated carbocycles. The molecular weight excluding hydrogens is 276 g/mol. The maximum Gasteiger partial charge on any atom is 0.261 e. The third-order valence-corrected chi connectivity index (χ3v) is 4.34. The predicted octanol–water partition coefficient (Wildman–Crippen LogP) is 2.03. The van der Waals surface area contributed by atoms with Crippen LogP contribution < -0.4 is 15.8 Å². The Morgan fingerprint density at radius 1 is 1.30 bits per heavy atom. The Kier molecular flexibility index (Phi) is 3.85. The van der Waals surface area contributed by atoms with Crippen LogP contribution in [0.5, 0.6) is 5.75 Å². The van der Waals surface area contributed by atoms with Gasteiger partial charge in [0.1, 0.15) is 5.75 Å². The van der Waals surface area contributed by atoms with E-state index < -0.39 is 6.10 Å². The van der Waals surface area contributed by atoms with Crippen molar-refractivity contribution in [3.63, 3.8) is 0 Å². The molecule has 1 atom stereocenters. The van der Waals surface area contributed by atoms with Gasteiger partial charge >= 0.3 is 0 Å². The molecule has 0 radical (unpaired) electrons. The first-order valence-corrected chi connectivity index (χ1v) is 7.50. The minimum atomic E-state index is -0.431. The van der Waals surface area contributed by atoms with Crippen LogP contribution in [0.1, 0.15) is 31.2 Å². The molecule has 1 aliphatic carbocycles. The monoisotopic (exact) mass is 294 g/mol. The maximum absolute atomic E-state index is 12.2. The highest BCUT2D eigenvalue weighted by Crippen LogP contribution is 2.31. The van der Waals surface area contributed by atoms with Crippen LogP contribution >= 0.6 is 11.6 Å². The van der Waals surface area contributed by atoms with Gasteiger partial charge in [0.15, 0.2) is 6.10 Å². The summed E-state index contributed by atoms with van der Waals surface area (Å²) in [4.78, 5) is 12.2. The molecule has 1 aromatic carbocycles. The number of amides is 1. The molecule has 1 aromatic rings. The molecule has 0 spiro atoms. The first-order chi connectivity index (χ1) is 9.61. The molecule has 0 aromatic heterocycles. The van der Waals surface area contributed by atoms with Crippen molar-refractivity contribution >= 4 is 17.5 Å². The number of carbonyl (C=O) groups is 1. The van der Waals surface area contributed by atoms with Gasteiger partial charge in [-0.3, -0.25) is 4.79 Å².